The lowest BCUT2D eigenvalue weighted by molar-refractivity contribution is -0.131. The first-order valence-corrected chi connectivity index (χ1v) is 14.7. The fourth-order valence-corrected chi connectivity index (χ4v) is 5.43. The lowest BCUT2D eigenvalue weighted by Gasteiger charge is -2.28. The third kappa shape index (κ3) is 8.46. The zero-order valence-electron chi connectivity index (χ0n) is 25.3. The van der Waals surface area contributed by atoms with Crippen LogP contribution in [0.4, 0.5) is 0 Å². The van der Waals surface area contributed by atoms with Crippen molar-refractivity contribution in [3.05, 3.63) is 84.7 Å². The highest BCUT2D eigenvalue weighted by molar-refractivity contribution is 5.91. The number of aromatic nitrogens is 2. The van der Waals surface area contributed by atoms with Gasteiger partial charge >= 0.3 is 11.9 Å². The summed E-state index contributed by atoms with van der Waals surface area (Å²) in [6.07, 6.45) is 11.2. The number of nitrogens with zero attached hydrogens (tertiary/aromatic N) is 2. The molecule has 0 saturated heterocycles. The molecule has 8 heteroatoms. The Hall–Kier alpha value is -4.14. The fraction of sp³-hybridized carbons (Fsp3) is 0.371. The third-order valence-electron chi connectivity index (χ3n) is 7.72. The quantitative estimate of drug-likeness (QED) is 0.119. The summed E-state index contributed by atoms with van der Waals surface area (Å²) in [7, 11) is 2.98. The van der Waals surface area contributed by atoms with Crippen molar-refractivity contribution in [1.29, 1.82) is 0 Å². The number of hydrogen-bond donors (Lipinski definition) is 0. The molecule has 0 radical (unpaired) electrons. The lowest BCUT2D eigenvalue weighted by atomic mass is 9.78. The van der Waals surface area contributed by atoms with E-state index in [9.17, 15) is 9.59 Å². The van der Waals surface area contributed by atoms with Crippen molar-refractivity contribution in [3.8, 4) is 34.0 Å². The Morgan fingerprint density at radius 3 is 1.91 bits per heavy atom. The predicted molar refractivity (Wildman–Crippen MR) is 166 cm³/mol. The number of benzene rings is 2. The van der Waals surface area contributed by atoms with Crippen LogP contribution in [0.5, 0.6) is 11.5 Å². The van der Waals surface area contributed by atoms with Crippen LogP contribution in [0.1, 0.15) is 56.9 Å². The molecule has 8 nitrogen and oxygen atoms in total. The molecule has 3 aromatic rings. The normalized spacial score (nSPS) is 16.3. The van der Waals surface area contributed by atoms with E-state index in [1.165, 1.54) is 39.9 Å². The second-order valence-corrected chi connectivity index (χ2v) is 10.9. The van der Waals surface area contributed by atoms with Crippen LogP contribution in [0, 0.1) is 5.92 Å². The topological polar surface area (TPSA) is 96.8 Å². The summed E-state index contributed by atoms with van der Waals surface area (Å²) in [6, 6.07) is 12.4. The number of methoxy groups -OCH3 is 2. The van der Waals surface area contributed by atoms with Gasteiger partial charge in [0.05, 0.1) is 24.4 Å². The van der Waals surface area contributed by atoms with Crippen molar-refractivity contribution in [2.45, 2.75) is 51.4 Å². The van der Waals surface area contributed by atoms with Crippen molar-refractivity contribution in [3.63, 3.8) is 0 Å². The van der Waals surface area contributed by atoms with Crippen LogP contribution in [0.15, 0.2) is 79.2 Å². The molecule has 1 heterocycles. The largest absolute Gasteiger partial charge is 0.423 e. The number of esters is 2. The molecule has 1 fully saturated rings. The van der Waals surface area contributed by atoms with E-state index in [0.717, 1.165) is 35.4 Å². The van der Waals surface area contributed by atoms with Crippen LogP contribution in [-0.2, 0) is 19.1 Å². The Balaban J connectivity index is 1.61. The van der Waals surface area contributed by atoms with Gasteiger partial charge in [-0.2, -0.15) is 0 Å². The van der Waals surface area contributed by atoms with Gasteiger partial charge < -0.3 is 18.9 Å². The monoisotopic (exact) mass is 584 g/mol. The molecule has 1 aliphatic carbocycles. The lowest BCUT2D eigenvalue weighted by Crippen LogP contribution is -2.14. The average molecular weight is 585 g/mol. The van der Waals surface area contributed by atoms with E-state index in [0.29, 0.717) is 28.8 Å². The van der Waals surface area contributed by atoms with E-state index in [2.05, 4.69) is 20.1 Å². The molecule has 43 heavy (non-hydrogen) atoms. The molecule has 1 aliphatic rings. The predicted octanol–water partition coefficient (Wildman–Crippen LogP) is 7.10. The van der Waals surface area contributed by atoms with Crippen molar-refractivity contribution in [2.75, 3.05) is 27.4 Å². The minimum Gasteiger partial charge on any atom is -0.423 e. The first kappa shape index (κ1) is 31.8. The van der Waals surface area contributed by atoms with Crippen molar-refractivity contribution < 1.29 is 28.5 Å². The van der Waals surface area contributed by atoms with Gasteiger partial charge in [0, 0.05) is 32.2 Å². The Labute approximate surface area is 253 Å². The fourth-order valence-electron chi connectivity index (χ4n) is 5.43. The Morgan fingerprint density at radius 2 is 1.35 bits per heavy atom. The number of hydrogen-bond acceptors (Lipinski definition) is 8. The summed E-state index contributed by atoms with van der Waals surface area (Å²) < 4.78 is 21.0. The van der Waals surface area contributed by atoms with E-state index < -0.39 is 11.9 Å². The minimum absolute atomic E-state index is 0.0739. The Bertz CT molecular complexity index is 1420. The number of rotatable bonds is 13. The average Bonchev–Trinajstić information content (AvgIpc) is 3.02. The van der Waals surface area contributed by atoms with Gasteiger partial charge in [-0.15, -0.1) is 0 Å². The highest BCUT2D eigenvalue weighted by atomic mass is 16.5. The molecule has 0 amide bonds. The molecule has 4 rings (SSSR count). The van der Waals surface area contributed by atoms with Crippen LogP contribution in [-0.4, -0.2) is 49.3 Å². The summed E-state index contributed by atoms with van der Waals surface area (Å²) >= 11 is 0. The van der Waals surface area contributed by atoms with Crippen LogP contribution < -0.4 is 9.47 Å². The Kier molecular flexibility index (Phi) is 11.4. The molecule has 0 N–H and O–H groups in total. The SMILES string of the molecule is C=C(COC)C(=O)Oc1ccc(-c2ccc(OC(=O)C(=C)COC)cc2-c2ncc(C3CCC(CCC)CC3)cn2)cc1. The molecule has 0 aliphatic heterocycles. The molecular formula is C35H40N2O6. The van der Waals surface area contributed by atoms with Gasteiger partial charge in [-0.25, -0.2) is 19.6 Å². The molecule has 1 aromatic heterocycles. The highest BCUT2D eigenvalue weighted by Gasteiger charge is 2.23. The van der Waals surface area contributed by atoms with Crippen LogP contribution in [0.25, 0.3) is 22.5 Å². The first-order chi connectivity index (χ1) is 20.8. The van der Waals surface area contributed by atoms with Crippen LogP contribution in [0.3, 0.4) is 0 Å². The smallest absolute Gasteiger partial charge is 0.341 e. The van der Waals surface area contributed by atoms with E-state index in [1.807, 2.05) is 30.6 Å². The van der Waals surface area contributed by atoms with Gasteiger partial charge in [-0.3, -0.25) is 0 Å². The molecule has 0 unspecified atom stereocenters. The third-order valence-corrected chi connectivity index (χ3v) is 7.72. The van der Waals surface area contributed by atoms with Gasteiger partial charge in [0.25, 0.3) is 0 Å². The molecule has 0 spiro atoms. The first-order valence-electron chi connectivity index (χ1n) is 14.7. The maximum atomic E-state index is 12.5. The Morgan fingerprint density at radius 1 is 0.791 bits per heavy atom. The van der Waals surface area contributed by atoms with Gasteiger partial charge in [0.1, 0.15) is 11.5 Å². The molecular weight excluding hydrogens is 544 g/mol. The zero-order valence-corrected chi connectivity index (χ0v) is 25.3. The van der Waals surface area contributed by atoms with Crippen molar-refractivity contribution in [2.24, 2.45) is 5.92 Å². The van der Waals surface area contributed by atoms with Crippen molar-refractivity contribution >= 4 is 11.9 Å². The van der Waals surface area contributed by atoms with Gasteiger partial charge in [0.15, 0.2) is 5.82 Å². The summed E-state index contributed by atoms with van der Waals surface area (Å²) in [4.78, 5) is 34.3. The molecule has 0 bridgehead atoms. The second-order valence-electron chi connectivity index (χ2n) is 10.9. The maximum absolute atomic E-state index is 12.5. The maximum Gasteiger partial charge on any atom is 0.341 e. The zero-order chi connectivity index (χ0) is 30.8. The van der Waals surface area contributed by atoms with Gasteiger partial charge in [-0.05, 0) is 84.5 Å². The molecule has 0 atom stereocenters. The number of ether oxygens (including phenoxy) is 4. The molecule has 2 aromatic carbocycles. The van der Waals surface area contributed by atoms with E-state index in [1.54, 1.807) is 24.3 Å². The van der Waals surface area contributed by atoms with Gasteiger partial charge in [-0.1, -0.05) is 45.1 Å². The minimum atomic E-state index is -0.572. The summed E-state index contributed by atoms with van der Waals surface area (Å²) in [6.45, 7) is 9.84. The van der Waals surface area contributed by atoms with E-state index in [4.69, 9.17) is 28.9 Å². The second kappa shape index (κ2) is 15.4. The summed E-state index contributed by atoms with van der Waals surface area (Å²) in [5, 5.41) is 0. The van der Waals surface area contributed by atoms with Gasteiger partial charge in [0.2, 0.25) is 0 Å². The van der Waals surface area contributed by atoms with Crippen molar-refractivity contribution in [1.82, 2.24) is 9.97 Å². The molecule has 226 valence electrons. The van der Waals surface area contributed by atoms with Crippen LogP contribution >= 0.6 is 0 Å². The highest BCUT2D eigenvalue weighted by Crippen LogP contribution is 2.38. The standard InChI is InChI=1S/C35H40N2O6/c1-6-7-25-8-10-26(11-9-25)28-19-36-33(37-20-28)32-18-30(43-35(39)24(3)22-41-5)16-17-31(32)27-12-14-29(15-13-27)42-34(38)23(2)21-40-4/h12-20,25-26H,2-3,6-11,21-22H2,1,4-5H3. The molecule has 1 saturated carbocycles. The summed E-state index contributed by atoms with van der Waals surface area (Å²) in [5.74, 6) is 1.40. The van der Waals surface area contributed by atoms with Crippen LogP contribution in [0.2, 0.25) is 0 Å². The summed E-state index contributed by atoms with van der Waals surface area (Å²) in [5.41, 5.74) is 3.95. The number of carbonyl (C=O) groups excluding carboxylic acids is 2. The van der Waals surface area contributed by atoms with E-state index in [-0.39, 0.29) is 24.4 Å². The number of carbonyl (C=O) groups is 2. The van der Waals surface area contributed by atoms with E-state index >= 15 is 0 Å².